The maximum atomic E-state index is 13.0. The van der Waals surface area contributed by atoms with Gasteiger partial charge in [-0.1, -0.05) is 23.7 Å². The Bertz CT molecular complexity index is 1110. The molecular formula is C23H23ClN2O4. The van der Waals surface area contributed by atoms with Crippen LogP contribution in [0.1, 0.15) is 22.4 Å². The maximum absolute atomic E-state index is 13.0. The van der Waals surface area contributed by atoms with Crippen LogP contribution in [0.25, 0.3) is 0 Å². The fourth-order valence-corrected chi connectivity index (χ4v) is 3.38. The average Bonchev–Trinajstić information content (AvgIpc) is 2.73. The number of ketones is 1. The minimum absolute atomic E-state index is 0.0919. The number of rotatable bonds is 8. The summed E-state index contributed by atoms with van der Waals surface area (Å²) in [5.41, 5.74) is 2.55. The summed E-state index contributed by atoms with van der Waals surface area (Å²) in [6, 6.07) is 14.2. The van der Waals surface area contributed by atoms with E-state index < -0.39 is 0 Å². The molecule has 0 N–H and O–H groups in total. The van der Waals surface area contributed by atoms with Crippen LogP contribution < -0.4 is 15.0 Å². The lowest BCUT2D eigenvalue weighted by molar-refractivity contribution is -0.119. The first-order valence-electron chi connectivity index (χ1n) is 9.44. The molecule has 7 heteroatoms. The molecular weight excluding hydrogens is 404 g/mol. The second kappa shape index (κ2) is 9.59. The lowest BCUT2D eigenvalue weighted by Gasteiger charge is -2.12. The van der Waals surface area contributed by atoms with Gasteiger partial charge in [0.2, 0.25) is 0 Å². The Morgan fingerprint density at radius 3 is 2.43 bits per heavy atom. The van der Waals surface area contributed by atoms with Gasteiger partial charge in [0.05, 0.1) is 19.9 Å². The second-order valence-corrected chi connectivity index (χ2v) is 7.41. The number of Topliss-reactive ketones (excluding diaryl/α,β-unsaturated/α-hetero) is 1. The van der Waals surface area contributed by atoms with Crippen molar-refractivity contribution in [3.8, 4) is 11.5 Å². The Morgan fingerprint density at radius 2 is 1.77 bits per heavy atom. The number of aryl methyl sites for hydroxylation is 1. The van der Waals surface area contributed by atoms with Gasteiger partial charge in [-0.2, -0.15) is 5.10 Å². The fraction of sp³-hybridized carbons (Fsp3) is 0.261. The zero-order valence-electron chi connectivity index (χ0n) is 17.1. The van der Waals surface area contributed by atoms with E-state index >= 15 is 0 Å². The van der Waals surface area contributed by atoms with E-state index in [4.69, 9.17) is 21.1 Å². The predicted octanol–water partition coefficient (Wildman–Crippen LogP) is 3.62. The van der Waals surface area contributed by atoms with Gasteiger partial charge < -0.3 is 9.47 Å². The molecule has 0 aliphatic rings. The quantitative estimate of drug-likeness (QED) is 0.550. The number of hydrogen-bond donors (Lipinski definition) is 0. The van der Waals surface area contributed by atoms with E-state index in [2.05, 4.69) is 5.10 Å². The van der Waals surface area contributed by atoms with Crippen LogP contribution in [0.3, 0.4) is 0 Å². The highest BCUT2D eigenvalue weighted by atomic mass is 35.5. The zero-order chi connectivity index (χ0) is 21.7. The molecule has 30 heavy (non-hydrogen) atoms. The smallest absolute Gasteiger partial charge is 0.270 e. The van der Waals surface area contributed by atoms with Crippen LogP contribution in [0.4, 0.5) is 0 Å². The van der Waals surface area contributed by atoms with Crippen molar-refractivity contribution >= 4 is 17.4 Å². The summed E-state index contributed by atoms with van der Waals surface area (Å²) in [5.74, 6) is 1.23. The largest absolute Gasteiger partial charge is 0.497 e. The van der Waals surface area contributed by atoms with E-state index in [0.29, 0.717) is 34.2 Å². The number of methoxy groups -OCH3 is 2. The van der Waals surface area contributed by atoms with E-state index in [1.54, 1.807) is 63.6 Å². The van der Waals surface area contributed by atoms with E-state index in [-0.39, 0.29) is 24.3 Å². The summed E-state index contributed by atoms with van der Waals surface area (Å²) >= 11 is 5.88. The third-order valence-electron chi connectivity index (χ3n) is 4.68. The van der Waals surface area contributed by atoms with Crippen molar-refractivity contribution in [3.63, 3.8) is 0 Å². The first-order valence-corrected chi connectivity index (χ1v) is 9.82. The van der Waals surface area contributed by atoms with Crippen molar-refractivity contribution in [1.82, 2.24) is 9.78 Å². The Kier molecular flexibility index (Phi) is 6.90. The lowest BCUT2D eigenvalue weighted by Crippen LogP contribution is -2.30. The Labute approximate surface area is 180 Å². The van der Waals surface area contributed by atoms with E-state index in [1.807, 2.05) is 6.07 Å². The number of benzene rings is 2. The van der Waals surface area contributed by atoms with Crippen molar-refractivity contribution in [3.05, 3.63) is 86.3 Å². The minimum atomic E-state index is -0.296. The van der Waals surface area contributed by atoms with Crippen molar-refractivity contribution in [2.75, 3.05) is 14.2 Å². The highest BCUT2D eigenvalue weighted by molar-refractivity contribution is 6.30. The molecule has 6 nitrogen and oxygen atoms in total. The molecule has 0 aliphatic carbocycles. The van der Waals surface area contributed by atoms with Gasteiger partial charge in [-0.3, -0.25) is 9.59 Å². The summed E-state index contributed by atoms with van der Waals surface area (Å²) in [7, 11) is 3.16. The van der Waals surface area contributed by atoms with Crippen molar-refractivity contribution in [2.45, 2.75) is 26.3 Å². The van der Waals surface area contributed by atoms with Crippen molar-refractivity contribution < 1.29 is 14.3 Å². The average molecular weight is 427 g/mol. The number of ether oxygens (including phenoxy) is 2. The third-order valence-corrected chi connectivity index (χ3v) is 4.93. The van der Waals surface area contributed by atoms with Gasteiger partial charge >= 0.3 is 0 Å². The summed E-state index contributed by atoms with van der Waals surface area (Å²) in [6.45, 7) is 1.71. The Balaban J connectivity index is 1.84. The lowest BCUT2D eigenvalue weighted by atomic mass is 10.0. The molecule has 0 saturated heterocycles. The molecule has 1 aromatic heterocycles. The maximum Gasteiger partial charge on any atom is 0.270 e. The molecule has 2 aromatic carbocycles. The van der Waals surface area contributed by atoms with Gasteiger partial charge in [-0.25, -0.2) is 4.68 Å². The van der Waals surface area contributed by atoms with Gasteiger partial charge in [0.25, 0.3) is 5.56 Å². The number of carbonyl (C=O) groups is 1. The molecule has 0 spiro atoms. The van der Waals surface area contributed by atoms with Gasteiger partial charge in [-0.05, 0) is 48.9 Å². The van der Waals surface area contributed by atoms with Crippen LogP contribution in [-0.2, 0) is 24.2 Å². The van der Waals surface area contributed by atoms with Crippen molar-refractivity contribution in [1.29, 1.82) is 0 Å². The van der Waals surface area contributed by atoms with Crippen LogP contribution in [0.5, 0.6) is 11.5 Å². The molecule has 0 unspecified atom stereocenters. The van der Waals surface area contributed by atoms with Crippen LogP contribution in [0, 0.1) is 6.92 Å². The van der Waals surface area contributed by atoms with Gasteiger partial charge in [0, 0.05) is 29.0 Å². The summed E-state index contributed by atoms with van der Waals surface area (Å²) in [6.07, 6.45) is 0.548. The summed E-state index contributed by atoms with van der Waals surface area (Å²) in [5, 5.41) is 4.86. The Hall–Kier alpha value is -3.12. The topological polar surface area (TPSA) is 70.4 Å². The highest BCUT2D eigenvalue weighted by Gasteiger charge is 2.14. The third kappa shape index (κ3) is 5.27. The molecule has 3 rings (SSSR count). The molecule has 0 saturated carbocycles. The van der Waals surface area contributed by atoms with Crippen LogP contribution in [0.15, 0.2) is 53.3 Å². The highest BCUT2D eigenvalue weighted by Crippen LogP contribution is 2.25. The molecule has 0 amide bonds. The second-order valence-electron chi connectivity index (χ2n) is 6.97. The predicted molar refractivity (Wildman–Crippen MR) is 116 cm³/mol. The zero-order valence-corrected chi connectivity index (χ0v) is 17.9. The van der Waals surface area contributed by atoms with Crippen LogP contribution >= 0.6 is 11.6 Å². The first-order chi connectivity index (χ1) is 14.4. The molecule has 0 atom stereocenters. The van der Waals surface area contributed by atoms with E-state index in [0.717, 1.165) is 11.1 Å². The van der Waals surface area contributed by atoms with Gasteiger partial charge in [-0.15, -0.1) is 0 Å². The normalized spacial score (nSPS) is 10.7. The molecule has 156 valence electrons. The molecule has 0 radical (unpaired) electrons. The molecule has 3 aromatic rings. The number of carbonyl (C=O) groups excluding carboxylic acids is 1. The number of nitrogens with zero attached hydrogens (tertiary/aromatic N) is 2. The van der Waals surface area contributed by atoms with E-state index in [1.165, 1.54) is 4.68 Å². The standard InChI is InChI=1S/C23H23ClN2O4/c1-15-10-18(12-17-13-21(29-2)8-9-22(17)30-3)23(28)26(25-15)14-20(27)11-16-4-6-19(24)7-5-16/h4-10,13H,11-12,14H2,1-3H3. The van der Waals surface area contributed by atoms with Crippen LogP contribution in [0.2, 0.25) is 5.02 Å². The molecule has 0 fully saturated rings. The molecule has 0 bridgehead atoms. The monoisotopic (exact) mass is 426 g/mol. The Morgan fingerprint density at radius 1 is 1.03 bits per heavy atom. The van der Waals surface area contributed by atoms with Crippen LogP contribution in [-0.4, -0.2) is 29.8 Å². The molecule has 1 heterocycles. The SMILES string of the molecule is COc1ccc(OC)c(Cc2cc(C)nn(CC(=O)Cc3ccc(Cl)cc3)c2=O)c1. The number of halogens is 1. The number of aromatic nitrogens is 2. The fourth-order valence-electron chi connectivity index (χ4n) is 3.26. The van der Waals surface area contributed by atoms with E-state index in [9.17, 15) is 9.59 Å². The minimum Gasteiger partial charge on any atom is -0.497 e. The van der Waals surface area contributed by atoms with Gasteiger partial charge in [0.15, 0.2) is 5.78 Å². The van der Waals surface area contributed by atoms with Crippen molar-refractivity contribution in [2.24, 2.45) is 0 Å². The summed E-state index contributed by atoms with van der Waals surface area (Å²) in [4.78, 5) is 25.5. The molecule has 0 aliphatic heterocycles. The number of hydrogen-bond acceptors (Lipinski definition) is 5. The first kappa shape index (κ1) is 21.6. The summed E-state index contributed by atoms with van der Waals surface area (Å²) < 4.78 is 11.9. The van der Waals surface area contributed by atoms with Gasteiger partial charge in [0.1, 0.15) is 18.0 Å².